The van der Waals surface area contributed by atoms with Crippen LogP contribution in [-0.2, 0) is 0 Å². The summed E-state index contributed by atoms with van der Waals surface area (Å²) in [5.41, 5.74) is 5.51. The van der Waals surface area contributed by atoms with Gasteiger partial charge in [0.2, 0.25) is 0 Å². The number of halogens is 4. The van der Waals surface area contributed by atoms with Gasteiger partial charge in [-0.1, -0.05) is 29.3 Å². The monoisotopic (exact) mass is 419 g/mol. The van der Waals surface area contributed by atoms with Gasteiger partial charge in [-0.3, -0.25) is 0 Å². The fraction of sp³-hybridized carbons (Fsp3) is 0.200. The van der Waals surface area contributed by atoms with Crippen LogP contribution in [0.15, 0.2) is 21.1 Å². The molecule has 0 saturated heterocycles. The molecule has 0 N–H and O–H groups in total. The van der Waals surface area contributed by atoms with Crippen LogP contribution >= 0.6 is 55.1 Å². The Morgan fingerprint density at radius 2 is 1.63 bits per heavy atom. The van der Waals surface area contributed by atoms with E-state index >= 15 is 0 Å². The number of benzene rings is 2. The molecular weight excluding hydrogens is 411 g/mol. The van der Waals surface area contributed by atoms with E-state index in [-0.39, 0.29) is 0 Å². The molecule has 1 radical (unpaired) electrons. The Balaban J connectivity index is 2.80. The van der Waals surface area contributed by atoms with E-state index in [0.29, 0.717) is 14.5 Å². The number of hydrogen-bond acceptors (Lipinski definition) is 0. The van der Waals surface area contributed by atoms with Gasteiger partial charge in [-0.15, -0.1) is 0 Å². The predicted octanol–water partition coefficient (Wildman–Crippen LogP) is 6.91. The molecule has 0 amide bonds. The zero-order chi connectivity index (χ0) is 14.3. The molecule has 0 unspecified atom stereocenters. The summed E-state index contributed by atoms with van der Waals surface area (Å²) in [7, 11) is 0. The Morgan fingerprint density at radius 3 is 2.21 bits per heavy atom. The first-order valence-electron chi connectivity index (χ1n) is 5.66. The molecular formula is C15H11Br2Cl2. The fourth-order valence-electron chi connectivity index (χ4n) is 2.26. The molecule has 0 nitrogen and oxygen atoms in total. The van der Waals surface area contributed by atoms with Crippen LogP contribution in [0, 0.1) is 26.8 Å². The number of aryl methyl sites for hydroxylation is 3. The van der Waals surface area contributed by atoms with Gasteiger partial charge in [0.05, 0.1) is 14.5 Å². The van der Waals surface area contributed by atoms with Crippen LogP contribution in [0.25, 0.3) is 11.1 Å². The van der Waals surface area contributed by atoms with E-state index in [1.807, 2.05) is 19.9 Å². The molecule has 0 heterocycles. The van der Waals surface area contributed by atoms with Crippen molar-refractivity contribution >= 4 is 55.1 Å². The van der Waals surface area contributed by atoms with Gasteiger partial charge < -0.3 is 0 Å². The zero-order valence-corrected chi connectivity index (χ0v) is 15.4. The normalized spacial score (nSPS) is 10.9. The summed E-state index contributed by atoms with van der Waals surface area (Å²) in [5.74, 6) is 0. The molecule has 0 aliphatic rings. The van der Waals surface area contributed by atoms with Crippen LogP contribution < -0.4 is 0 Å². The lowest BCUT2D eigenvalue weighted by molar-refractivity contribution is 1.31. The summed E-state index contributed by atoms with van der Waals surface area (Å²) in [6.07, 6.45) is 0. The van der Waals surface area contributed by atoms with E-state index < -0.39 is 0 Å². The standard InChI is InChI=1S/C15H11Br2Cl2/c1-7-4-8(2)12(9(3)5-7)10-6-11(18)14(17)15(19)13(10)16/h4,6H,1-3H3. The molecule has 0 aliphatic carbocycles. The lowest BCUT2D eigenvalue weighted by Gasteiger charge is -2.15. The van der Waals surface area contributed by atoms with Gasteiger partial charge in [0.25, 0.3) is 0 Å². The van der Waals surface area contributed by atoms with Crippen molar-refractivity contribution in [1.29, 1.82) is 0 Å². The predicted molar refractivity (Wildman–Crippen MR) is 90.3 cm³/mol. The molecule has 2 aromatic carbocycles. The Morgan fingerprint density at radius 1 is 1.00 bits per heavy atom. The van der Waals surface area contributed by atoms with Crippen LogP contribution in [0.2, 0.25) is 10.0 Å². The molecule has 0 atom stereocenters. The van der Waals surface area contributed by atoms with E-state index in [4.69, 9.17) is 23.2 Å². The number of hydrogen-bond donors (Lipinski definition) is 0. The quantitative estimate of drug-likeness (QED) is 0.346. The second-order valence-corrected chi connectivity index (χ2v) is 6.85. The molecule has 99 valence electrons. The fourth-order valence-corrected chi connectivity index (χ4v) is 3.80. The van der Waals surface area contributed by atoms with E-state index in [2.05, 4.69) is 50.9 Å². The maximum Gasteiger partial charge on any atom is 0.0711 e. The first-order valence-corrected chi connectivity index (χ1v) is 8.00. The molecule has 2 aromatic rings. The Labute approximate surface area is 140 Å². The highest BCUT2D eigenvalue weighted by molar-refractivity contribution is 9.11. The largest absolute Gasteiger partial charge is 0.0830 e. The molecule has 0 bridgehead atoms. The molecule has 0 aromatic heterocycles. The van der Waals surface area contributed by atoms with Gasteiger partial charge in [0.1, 0.15) is 0 Å². The van der Waals surface area contributed by atoms with Crippen LogP contribution in [0.1, 0.15) is 16.7 Å². The first kappa shape index (κ1) is 15.4. The summed E-state index contributed by atoms with van der Waals surface area (Å²) >= 11 is 19.4. The van der Waals surface area contributed by atoms with Crippen molar-refractivity contribution in [1.82, 2.24) is 0 Å². The SMILES string of the molecule is Cc1[c]c(C)c(-c2cc(Cl)c(Br)c(Cl)c2Br)c(C)c1. The third kappa shape index (κ3) is 2.87. The van der Waals surface area contributed by atoms with E-state index in [0.717, 1.165) is 26.7 Å². The second-order valence-electron chi connectivity index (χ2n) is 4.48. The average molecular weight is 422 g/mol. The molecule has 19 heavy (non-hydrogen) atoms. The topological polar surface area (TPSA) is 0 Å². The lowest BCUT2D eigenvalue weighted by atomic mass is 9.94. The average Bonchev–Trinajstić information content (AvgIpc) is 2.31. The van der Waals surface area contributed by atoms with Crippen molar-refractivity contribution in [3.63, 3.8) is 0 Å². The highest BCUT2D eigenvalue weighted by atomic mass is 79.9. The molecule has 0 fully saturated rings. The van der Waals surface area contributed by atoms with Crippen molar-refractivity contribution in [2.45, 2.75) is 20.8 Å². The minimum atomic E-state index is 0.585. The summed E-state index contributed by atoms with van der Waals surface area (Å²) in [4.78, 5) is 0. The Bertz CT molecular complexity index is 641. The van der Waals surface area contributed by atoms with Crippen molar-refractivity contribution in [2.75, 3.05) is 0 Å². The van der Waals surface area contributed by atoms with Gasteiger partial charge in [0, 0.05) is 4.47 Å². The molecule has 4 heteroatoms. The first-order chi connectivity index (χ1) is 8.82. The molecule has 2 rings (SSSR count). The van der Waals surface area contributed by atoms with E-state index in [9.17, 15) is 0 Å². The summed E-state index contributed by atoms with van der Waals surface area (Å²) in [6.45, 7) is 6.17. The summed E-state index contributed by atoms with van der Waals surface area (Å²) < 4.78 is 1.55. The number of rotatable bonds is 1. The Kier molecular flexibility index (Phi) is 4.67. The maximum atomic E-state index is 6.29. The molecule has 0 spiro atoms. The van der Waals surface area contributed by atoms with Crippen LogP contribution in [0.3, 0.4) is 0 Å². The van der Waals surface area contributed by atoms with Crippen molar-refractivity contribution in [3.05, 3.63) is 53.9 Å². The molecule has 0 aliphatic heterocycles. The van der Waals surface area contributed by atoms with Gasteiger partial charge in [0.15, 0.2) is 0 Å². The van der Waals surface area contributed by atoms with E-state index in [1.165, 1.54) is 5.56 Å². The van der Waals surface area contributed by atoms with Gasteiger partial charge in [-0.25, -0.2) is 0 Å². The molecule has 0 saturated carbocycles. The van der Waals surface area contributed by atoms with Crippen LogP contribution in [0.5, 0.6) is 0 Å². The van der Waals surface area contributed by atoms with Crippen LogP contribution in [-0.4, -0.2) is 0 Å². The van der Waals surface area contributed by atoms with Crippen molar-refractivity contribution < 1.29 is 0 Å². The van der Waals surface area contributed by atoms with Crippen molar-refractivity contribution in [3.8, 4) is 11.1 Å². The zero-order valence-electron chi connectivity index (χ0n) is 10.7. The maximum absolute atomic E-state index is 6.29. The highest BCUT2D eigenvalue weighted by Gasteiger charge is 2.16. The lowest BCUT2D eigenvalue weighted by Crippen LogP contribution is -1.93. The minimum Gasteiger partial charge on any atom is -0.0830 e. The summed E-state index contributed by atoms with van der Waals surface area (Å²) in [6, 6.07) is 7.37. The van der Waals surface area contributed by atoms with Crippen LogP contribution in [0.4, 0.5) is 0 Å². The van der Waals surface area contributed by atoms with Gasteiger partial charge in [-0.2, -0.15) is 0 Å². The third-order valence-corrected chi connectivity index (χ3v) is 5.97. The third-order valence-electron chi connectivity index (χ3n) is 2.96. The summed E-state index contributed by atoms with van der Waals surface area (Å²) in [5, 5.41) is 1.18. The highest BCUT2D eigenvalue weighted by Crippen LogP contribution is 2.44. The smallest absolute Gasteiger partial charge is 0.0711 e. The second kappa shape index (κ2) is 5.77. The van der Waals surface area contributed by atoms with E-state index in [1.54, 1.807) is 0 Å². The van der Waals surface area contributed by atoms with Gasteiger partial charge in [-0.05, 0) is 92.6 Å². The minimum absolute atomic E-state index is 0.585. The Hall–Kier alpha value is -0.0200. The van der Waals surface area contributed by atoms with Crippen molar-refractivity contribution in [2.24, 2.45) is 0 Å². The van der Waals surface area contributed by atoms with Gasteiger partial charge >= 0.3 is 0 Å².